The van der Waals surface area contributed by atoms with Crippen molar-refractivity contribution in [2.24, 2.45) is 0 Å². The van der Waals surface area contributed by atoms with Crippen molar-refractivity contribution in [3.05, 3.63) is 54.1 Å². The van der Waals surface area contributed by atoms with E-state index in [0.29, 0.717) is 6.61 Å². The lowest BCUT2D eigenvalue weighted by molar-refractivity contribution is 0.0339. The van der Waals surface area contributed by atoms with Gasteiger partial charge < -0.3 is 9.30 Å². The summed E-state index contributed by atoms with van der Waals surface area (Å²) in [5, 5.41) is 0. The molecule has 4 nitrogen and oxygen atoms in total. The molecule has 0 saturated heterocycles. The Morgan fingerprint density at radius 3 is 3.10 bits per heavy atom. The van der Waals surface area contributed by atoms with E-state index in [9.17, 15) is 4.79 Å². The Balaban J connectivity index is 1.51. The number of ketones is 1. The lowest BCUT2D eigenvalue weighted by Crippen LogP contribution is -2.30. The van der Waals surface area contributed by atoms with Crippen LogP contribution >= 0.6 is 0 Å². The Hall–Kier alpha value is -1.94. The summed E-state index contributed by atoms with van der Waals surface area (Å²) < 4.78 is 7.78. The average molecular weight is 270 g/mol. The third kappa shape index (κ3) is 2.80. The van der Waals surface area contributed by atoms with Gasteiger partial charge in [-0.25, -0.2) is 4.98 Å². The summed E-state index contributed by atoms with van der Waals surface area (Å²) in [5.41, 5.74) is 1.98. The zero-order valence-electron chi connectivity index (χ0n) is 11.4. The fraction of sp³-hybridized carbons (Fsp3) is 0.375. The Bertz CT molecular complexity index is 578. The predicted octanol–water partition coefficient (Wildman–Crippen LogP) is 2.49. The first-order valence-corrected chi connectivity index (χ1v) is 7.04. The Morgan fingerprint density at radius 1 is 1.35 bits per heavy atom. The number of benzene rings is 1. The molecule has 0 saturated carbocycles. The largest absolute Gasteiger partial charge is 0.370 e. The molecule has 1 atom stereocenters. The fourth-order valence-corrected chi connectivity index (χ4v) is 2.62. The number of hydrogen-bond acceptors (Lipinski definition) is 3. The summed E-state index contributed by atoms with van der Waals surface area (Å²) in [6.07, 6.45) is 7.83. The Labute approximate surface area is 118 Å². The standard InChI is InChI=1S/C16H18N2O2/c19-16-14-5-2-1-4-13(14)6-7-15(16)20-11-3-9-18-10-8-17-12-18/h1-2,4-5,8,10,12,15H,3,6-7,9,11H2. The smallest absolute Gasteiger partial charge is 0.191 e. The van der Waals surface area contributed by atoms with Gasteiger partial charge in [-0.15, -0.1) is 0 Å². The van der Waals surface area contributed by atoms with Crippen LogP contribution < -0.4 is 0 Å². The third-order valence-electron chi connectivity index (χ3n) is 3.69. The van der Waals surface area contributed by atoms with E-state index in [1.165, 1.54) is 0 Å². The molecule has 1 unspecified atom stereocenters. The van der Waals surface area contributed by atoms with Crippen molar-refractivity contribution in [3.63, 3.8) is 0 Å². The predicted molar refractivity (Wildman–Crippen MR) is 75.7 cm³/mol. The number of carbonyl (C=O) groups is 1. The van der Waals surface area contributed by atoms with E-state index in [2.05, 4.69) is 4.98 Å². The van der Waals surface area contributed by atoms with E-state index >= 15 is 0 Å². The first-order valence-electron chi connectivity index (χ1n) is 7.04. The quantitative estimate of drug-likeness (QED) is 0.784. The summed E-state index contributed by atoms with van der Waals surface area (Å²) in [6, 6.07) is 7.83. The minimum Gasteiger partial charge on any atom is -0.370 e. The van der Waals surface area contributed by atoms with Crippen molar-refractivity contribution in [1.82, 2.24) is 9.55 Å². The summed E-state index contributed by atoms with van der Waals surface area (Å²) >= 11 is 0. The number of hydrogen-bond donors (Lipinski definition) is 0. The highest BCUT2D eigenvalue weighted by Gasteiger charge is 2.27. The van der Waals surface area contributed by atoms with Crippen molar-refractivity contribution in [1.29, 1.82) is 0 Å². The van der Waals surface area contributed by atoms with E-state index in [1.54, 1.807) is 12.5 Å². The molecule has 0 bridgehead atoms. The zero-order chi connectivity index (χ0) is 13.8. The highest BCUT2D eigenvalue weighted by Crippen LogP contribution is 2.23. The molecule has 0 spiro atoms. The molecule has 0 radical (unpaired) electrons. The summed E-state index contributed by atoms with van der Waals surface area (Å²) in [5.74, 6) is 0.134. The van der Waals surface area contributed by atoms with E-state index in [1.807, 2.05) is 35.0 Å². The molecule has 20 heavy (non-hydrogen) atoms. The van der Waals surface area contributed by atoms with Crippen LogP contribution in [-0.2, 0) is 17.7 Å². The minimum absolute atomic E-state index is 0.134. The molecule has 1 heterocycles. The van der Waals surface area contributed by atoms with Gasteiger partial charge in [0.15, 0.2) is 5.78 Å². The summed E-state index contributed by atoms with van der Waals surface area (Å²) in [6.45, 7) is 1.48. The molecule has 1 aliphatic carbocycles. The number of fused-ring (bicyclic) bond motifs is 1. The van der Waals surface area contributed by atoms with Crippen molar-refractivity contribution >= 4 is 5.78 Å². The molecule has 2 aromatic rings. The SMILES string of the molecule is O=C1c2ccccc2CCC1OCCCn1ccnc1. The van der Waals surface area contributed by atoms with Crippen LogP contribution in [0.4, 0.5) is 0 Å². The number of rotatable bonds is 5. The van der Waals surface area contributed by atoms with Gasteiger partial charge in [-0.2, -0.15) is 0 Å². The van der Waals surface area contributed by atoms with Gasteiger partial charge in [-0.05, 0) is 24.8 Å². The zero-order valence-corrected chi connectivity index (χ0v) is 11.4. The number of Topliss-reactive ketones (excluding diaryl/α,β-unsaturated/α-hetero) is 1. The van der Waals surface area contributed by atoms with Crippen LogP contribution in [0.2, 0.25) is 0 Å². The van der Waals surface area contributed by atoms with Gasteiger partial charge in [-0.3, -0.25) is 4.79 Å². The van der Waals surface area contributed by atoms with Crippen LogP contribution in [0.25, 0.3) is 0 Å². The Kier molecular flexibility index (Phi) is 3.92. The molecular formula is C16H18N2O2. The monoisotopic (exact) mass is 270 g/mol. The topological polar surface area (TPSA) is 44.1 Å². The third-order valence-corrected chi connectivity index (χ3v) is 3.69. The van der Waals surface area contributed by atoms with Crippen LogP contribution in [0, 0.1) is 0 Å². The number of aromatic nitrogens is 2. The van der Waals surface area contributed by atoms with Crippen LogP contribution in [0.15, 0.2) is 43.0 Å². The van der Waals surface area contributed by atoms with Crippen molar-refractivity contribution in [3.8, 4) is 0 Å². The molecule has 1 aromatic carbocycles. The van der Waals surface area contributed by atoms with Crippen molar-refractivity contribution < 1.29 is 9.53 Å². The van der Waals surface area contributed by atoms with Gasteiger partial charge in [0.1, 0.15) is 6.10 Å². The second kappa shape index (κ2) is 6.01. The number of imidazole rings is 1. The Morgan fingerprint density at radius 2 is 2.25 bits per heavy atom. The van der Waals surface area contributed by atoms with Crippen molar-refractivity contribution in [2.75, 3.05) is 6.61 Å². The second-order valence-electron chi connectivity index (χ2n) is 5.07. The van der Waals surface area contributed by atoms with Gasteiger partial charge in [0, 0.05) is 31.1 Å². The summed E-state index contributed by atoms with van der Waals surface area (Å²) in [4.78, 5) is 16.3. The maximum absolute atomic E-state index is 12.3. The normalized spacial score (nSPS) is 18.0. The second-order valence-corrected chi connectivity index (χ2v) is 5.07. The van der Waals surface area contributed by atoms with E-state index < -0.39 is 0 Å². The molecule has 0 aliphatic heterocycles. The van der Waals surface area contributed by atoms with Gasteiger partial charge in [-0.1, -0.05) is 24.3 Å². The van der Waals surface area contributed by atoms with E-state index in [0.717, 1.165) is 36.9 Å². The molecule has 0 amide bonds. The molecule has 104 valence electrons. The average Bonchev–Trinajstić information content (AvgIpc) is 2.99. The van der Waals surface area contributed by atoms with E-state index in [4.69, 9.17) is 4.74 Å². The maximum atomic E-state index is 12.3. The molecular weight excluding hydrogens is 252 g/mol. The lowest BCUT2D eigenvalue weighted by atomic mass is 9.89. The number of ether oxygens (including phenoxy) is 1. The highest BCUT2D eigenvalue weighted by atomic mass is 16.5. The molecule has 3 rings (SSSR count). The van der Waals surface area contributed by atoms with Crippen LogP contribution in [0.5, 0.6) is 0 Å². The molecule has 0 N–H and O–H groups in total. The van der Waals surface area contributed by atoms with Gasteiger partial charge in [0.2, 0.25) is 0 Å². The maximum Gasteiger partial charge on any atom is 0.191 e. The van der Waals surface area contributed by atoms with Crippen LogP contribution in [0.3, 0.4) is 0 Å². The first kappa shape index (κ1) is 13.1. The lowest BCUT2D eigenvalue weighted by Gasteiger charge is -2.23. The van der Waals surface area contributed by atoms with Crippen LogP contribution in [-0.4, -0.2) is 28.0 Å². The molecule has 0 fully saturated rings. The number of aryl methyl sites for hydroxylation is 2. The first-order chi connectivity index (χ1) is 9.84. The van der Waals surface area contributed by atoms with Gasteiger partial charge in [0.25, 0.3) is 0 Å². The number of carbonyl (C=O) groups excluding carboxylic acids is 1. The molecule has 1 aliphatic rings. The van der Waals surface area contributed by atoms with E-state index in [-0.39, 0.29) is 11.9 Å². The molecule has 1 aromatic heterocycles. The fourth-order valence-electron chi connectivity index (χ4n) is 2.62. The van der Waals surface area contributed by atoms with Crippen molar-refractivity contribution in [2.45, 2.75) is 31.9 Å². The molecule has 4 heteroatoms. The van der Waals surface area contributed by atoms with Gasteiger partial charge in [0.05, 0.1) is 6.33 Å². The summed E-state index contributed by atoms with van der Waals surface area (Å²) in [7, 11) is 0. The van der Waals surface area contributed by atoms with Crippen LogP contribution in [0.1, 0.15) is 28.8 Å². The highest BCUT2D eigenvalue weighted by molar-refractivity contribution is 6.01. The van der Waals surface area contributed by atoms with Gasteiger partial charge >= 0.3 is 0 Å². The minimum atomic E-state index is -0.271. The number of nitrogens with zero attached hydrogens (tertiary/aromatic N) is 2.